The third-order valence-electron chi connectivity index (χ3n) is 2.22. The molecule has 0 spiro atoms. The number of nitrogens with zero attached hydrogens (tertiary/aromatic N) is 1. The summed E-state index contributed by atoms with van der Waals surface area (Å²) in [7, 11) is 0. The van der Waals surface area contributed by atoms with Crippen LogP contribution in [-0.2, 0) is 12.8 Å². The lowest BCUT2D eigenvalue weighted by molar-refractivity contribution is 0.916. The molecule has 0 N–H and O–H groups in total. The van der Waals surface area contributed by atoms with Gasteiger partial charge in [0.15, 0.2) is 0 Å². The van der Waals surface area contributed by atoms with Gasteiger partial charge in [0.2, 0.25) is 0 Å². The molecule has 0 aromatic heterocycles. The molecule has 0 saturated carbocycles. The van der Waals surface area contributed by atoms with E-state index in [-0.39, 0.29) is 0 Å². The second-order valence-electron chi connectivity index (χ2n) is 3.21. The number of hydrogen-bond acceptors (Lipinski definition) is 1. The zero-order chi connectivity index (χ0) is 9.68. The van der Waals surface area contributed by atoms with Gasteiger partial charge in [-0.3, -0.25) is 0 Å². The standard InChI is InChI=1S/C12H15N/c1-3-5-11-7-6-10(4-2)8-12(11)9-13/h6-8H,3-5H2,1-2H3. The summed E-state index contributed by atoms with van der Waals surface area (Å²) in [5.41, 5.74) is 3.28. The first-order chi connectivity index (χ1) is 6.31. The molecule has 1 nitrogen and oxygen atoms in total. The minimum absolute atomic E-state index is 0.848. The zero-order valence-electron chi connectivity index (χ0n) is 8.30. The molecule has 0 unspecified atom stereocenters. The summed E-state index contributed by atoms with van der Waals surface area (Å²) in [6.07, 6.45) is 3.11. The van der Waals surface area contributed by atoms with E-state index in [1.54, 1.807) is 0 Å². The van der Waals surface area contributed by atoms with Gasteiger partial charge in [-0.05, 0) is 30.0 Å². The lowest BCUT2D eigenvalue weighted by atomic mass is 10.0. The van der Waals surface area contributed by atoms with Gasteiger partial charge in [-0.25, -0.2) is 0 Å². The zero-order valence-corrected chi connectivity index (χ0v) is 8.30. The van der Waals surface area contributed by atoms with Crippen molar-refractivity contribution >= 4 is 0 Å². The third kappa shape index (κ3) is 2.32. The van der Waals surface area contributed by atoms with E-state index in [1.165, 1.54) is 11.1 Å². The van der Waals surface area contributed by atoms with Crippen LogP contribution in [-0.4, -0.2) is 0 Å². The van der Waals surface area contributed by atoms with Crippen LogP contribution >= 0.6 is 0 Å². The molecule has 0 fully saturated rings. The molecule has 1 aromatic rings. The van der Waals surface area contributed by atoms with Gasteiger partial charge < -0.3 is 0 Å². The maximum absolute atomic E-state index is 8.92. The Morgan fingerprint density at radius 1 is 1.31 bits per heavy atom. The minimum atomic E-state index is 0.848. The number of aryl methyl sites for hydroxylation is 2. The van der Waals surface area contributed by atoms with Crippen LogP contribution in [0.3, 0.4) is 0 Å². The fourth-order valence-electron chi connectivity index (χ4n) is 1.43. The smallest absolute Gasteiger partial charge is 0.0994 e. The minimum Gasteiger partial charge on any atom is -0.192 e. The lowest BCUT2D eigenvalue weighted by Crippen LogP contribution is -1.91. The molecule has 0 saturated heterocycles. The monoisotopic (exact) mass is 173 g/mol. The maximum Gasteiger partial charge on any atom is 0.0994 e. The molecular formula is C12H15N. The normalized spacial score (nSPS) is 9.62. The van der Waals surface area contributed by atoms with E-state index in [4.69, 9.17) is 5.26 Å². The highest BCUT2D eigenvalue weighted by molar-refractivity contribution is 5.40. The van der Waals surface area contributed by atoms with Crippen molar-refractivity contribution in [1.29, 1.82) is 5.26 Å². The van der Waals surface area contributed by atoms with Gasteiger partial charge in [0, 0.05) is 0 Å². The molecule has 0 atom stereocenters. The van der Waals surface area contributed by atoms with Crippen LogP contribution in [0.15, 0.2) is 18.2 Å². The van der Waals surface area contributed by atoms with E-state index in [0.29, 0.717) is 0 Å². The van der Waals surface area contributed by atoms with Gasteiger partial charge in [0.1, 0.15) is 0 Å². The van der Waals surface area contributed by atoms with E-state index in [1.807, 2.05) is 6.07 Å². The summed E-state index contributed by atoms with van der Waals surface area (Å²) in [4.78, 5) is 0. The molecule has 1 heteroatoms. The van der Waals surface area contributed by atoms with Gasteiger partial charge >= 0.3 is 0 Å². The van der Waals surface area contributed by atoms with Gasteiger partial charge in [0.25, 0.3) is 0 Å². The average molecular weight is 173 g/mol. The number of benzene rings is 1. The Kier molecular flexibility index (Phi) is 3.52. The Bertz CT molecular complexity index is 320. The van der Waals surface area contributed by atoms with Crippen LogP contribution in [0, 0.1) is 11.3 Å². The van der Waals surface area contributed by atoms with Crippen molar-refractivity contribution < 1.29 is 0 Å². The summed E-state index contributed by atoms with van der Waals surface area (Å²) in [5, 5.41) is 8.92. The highest BCUT2D eigenvalue weighted by Gasteiger charge is 2.01. The Hall–Kier alpha value is -1.29. The molecule has 0 bridgehead atoms. The second kappa shape index (κ2) is 4.67. The second-order valence-corrected chi connectivity index (χ2v) is 3.21. The first kappa shape index (κ1) is 9.80. The highest BCUT2D eigenvalue weighted by atomic mass is 14.2. The molecule has 68 valence electrons. The quantitative estimate of drug-likeness (QED) is 0.689. The van der Waals surface area contributed by atoms with Gasteiger partial charge in [0.05, 0.1) is 11.6 Å². The first-order valence-electron chi connectivity index (χ1n) is 4.83. The molecular weight excluding hydrogens is 158 g/mol. The van der Waals surface area contributed by atoms with Crippen molar-refractivity contribution in [2.45, 2.75) is 33.1 Å². The number of nitriles is 1. The Morgan fingerprint density at radius 2 is 2.08 bits per heavy atom. The van der Waals surface area contributed by atoms with Crippen molar-refractivity contribution in [1.82, 2.24) is 0 Å². The number of hydrogen-bond donors (Lipinski definition) is 0. The molecule has 0 aliphatic heterocycles. The Morgan fingerprint density at radius 3 is 2.62 bits per heavy atom. The van der Waals surface area contributed by atoms with Crippen LogP contribution in [0.4, 0.5) is 0 Å². The molecule has 1 rings (SSSR count). The maximum atomic E-state index is 8.92. The van der Waals surface area contributed by atoms with Crippen molar-refractivity contribution in [2.24, 2.45) is 0 Å². The molecule has 0 radical (unpaired) electrons. The highest BCUT2D eigenvalue weighted by Crippen LogP contribution is 2.13. The van der Waals surface area contributed by atoms with E-state index in [2.05, 4.69) is 32.0 Å². The van der Waals surface area contributed by atoms with Crippen LogP contribution < -0.4 is 0 Å². The predicted octanol–water partition coefficient (Wildman–Crippen LogP) is 3.07. The van der Waals surface area contributed by atoms with E-state index < -0.39 is 0 Å². The van der Waals surface area contributed by atoms with E-state index >= 15 is 0 Å². The predicted molar refractivity (Wildman–Crippen MR) is 54.5 cm³/mol. The topological polar surface area (TPSA) is 23.8 Å². The first-order valence-corrected chi connectivity index (χ1v) is 4.83. The molecule has 1 aromatic carbocycles. The van der Waals surface area contributed by atoms with Crippen molar-refractivity contribution in [3.05, 3.63) is 34.9 Å². The van der Waals surface area contributed by atoms with Crippen LogP contribution in [0.25, 0.3) is 0 Å². The van der Waals surface area contributed by atoms with E-state index in [0.717, 1.165) is 24.8 Å². The van der Waals surface area contributed by atoms with Gasteiger partial charge in [-0.2, -0.15) is 5.26 Å². The van der Waals surface area contributed by atoms with E-state index in [9.17, 15) is 0 Å². The van der Waals surface area contributed by atoms with Crippen LogP contribution in [0.2, 0.25) is 0 Å². The van der Waals surface area contributed by atoms with Gasteiger partial charge in [-0.15, -0.1) is 0 Å². The number of rotatable bonds is 3. The summed E-state index contributed by atoms with van der Waals surface area (Å²) < 4.78 is 0. The molecule has 0 aliphatic carbocycles. The molecule has 0 aliphatic rings. The fraction of sp³-hybridized carbons (Fsp3) is 0.417. The Balaban J connectivity index is 3.02. The van der Waals surface area contributed by atoms with Crippen molar-refractivity contribution in [3.8, 4) is 6.07 Å². The fourth-order valence-corrected chi connectivity index (χ4v) is 1.43. The molecule has 0 heterocycles. The van der Waals surface area contributed by atoms with Crippen LogP contribution in [0.1, 0.15) is 37.0 Å². The summed E-state index contributed by atoms with van der Waals surface area (Å²) in [6.45, 7) is 4.24. The Labute approximate surface area is 80.0 Å². The summed E-state index contributed by atoms with van der Waals surface area (Å²) in [5.74, 6) is 0. The van der Waals surface area contributed by atoms with Crippen molar-refractivity contribution in [3.63, 3.8) is 0 Å². The lowest BCUT2D eigenvalue weighted by Gasteiger charge is -2.03. The summed E-state index contributed by atoms with van der Waals surface area (Å²) in [6, 6.07) is 8.46. The molecule has 0 amide bonds. The largest absolute Gasteiger partial charge is 0.192 e. The average Bonchev–Trinajstić information content (AvgIpc) is 2.19. The SMILES string of the molecule is CCCc1ccc(CC)cc1C#N. The van der Waals surface area contributed by atoms with Crippen molar-refractivity contribution in [2.75, 3.05) is 0 Å². The van der Waals surface area contributed by atoms with Gasteiger partial charge in [-0.1, -0.05) is 32.4 Å². The third-order valence-corrected chi connectivity index (χ3v) is 2.22. The summed E-state index contributed by atoms with van der Waals surface area (Å²) >= 11 is 0. The molecule has 13 heavy (non-hydrogen) atoms. The van der Waals surface area contributed by atoms with Crippen LogP contribution in [0.5, 0.6) is 0 Å².